The van der Waals surface area contributed by atoms with Crippen LogP contribution in [0.15, 0.2) is 99.1 Å². The monoisotopic (exact) mass is 580 g/mol. The van der Waals surface area contributed by atoms with E-state index in [1.165, 1.54) is 27.9 Å². The van der Waals surface area contributed by atoms with Crippen molar-refractivity contribution in [1.82, 2.24) is 0 Å². The molecule has 0 aromatic heterocycles. The summed E-state index contributed by atoms with van der Waals surface area (Å²) >= 11 is 0. The van der Waals surface area contributed by atoms with Gasteiger partial charge in [-0.25, -0.2) is 0 Å². The van der Waals surface area contributed by atoms with Crippen LogP contribution in [0, 0.1) is 6.92 Å². The molecule has 0 fully saturated rings. The third-order valence-electron chi connectivity index (χ3n) is 6.97. The van der Waals surface area contributed by atoms with Crippen molar-refractivity contribution in [2.24, 2.45) is 0 Å². The van der Waals surface area contributed by atoms with Crippen LogP contribution in [0.2, 0.25) is 0 Å². The maximum Gasteiger partial charge on any atom is 0.297 e. The molecule has 0 saturated carbocycles. The van der Waals surface area contributed by atoms with E-state index in [4.69, 9.17) is 4.18 Å². The molecule has 41 heavy (non-hydrogen) atoms. The molecule has 0 aliphatic heterocycles. The molecule has 1 atom stereocenters. The summed E-state index contributed by atoms with van der Waals surface area (Å²) in [5.41, 5.74) is 8.94. The van der Waals surface area contributed by atoms with Crippen molar-refractivity contribution in [3.63, 3.8) is 0 Å². The van der Waals surface area contributed by atoms with Crippen molar-refractivity contribution in [1.29, 1.82) is 0 Å². The lowest BCUT2D eigenvalue weighted by Crippen LogP contribution is -2.17. The van der Waals surface area contributed by atoms with Gasteiger partial charge < -0.3 is 0 Å². The highest BCUT2D eigenvalue weighted by atomic mass is 32.2. The minimum Gasteiger partial charge on any atom is -0.258 e. The molecule has 0 aliphatic carbocycles. The Kier molecular flexibility index (Phi) is 17.5. The van der Waals surface area contributed by atoms with Crippen molar-refractivity contribution < 1.29 is 12.6 Å². The number of allylic oxidation sites excluding steroid dienone is 10. The second-order valence-electron chi connectivity index (χ2n) is 12.0. The lowest BCUT2D eigenvalue weighted by molar-refractivity contribution is 0.257. The van der Waals surface area contributed by atoms with Crippen LogP contribution in [0.5, 0.6) is 0 Å². The molecule has 1 aromatic rings. The van der Waals surface area contributed by atoms with Crippen LogP contribution in [0.3, 0.4) is 0 Å². The molecule has 3 nitrogen and oxygen atoms in total. The Balaban J connectivity index is 2.92. The predicted molar refractivity (Wildman–Crippen MR) is 179 cm³/mol. The average molecular weight is 581 g/mol. The van der Waals surface area contributed by atoms with Crippen molar-refractivity contribution in [2.75, 3.05) is 0 Å². The van der Waals surface area contributed by atoms with E-state index >= 15 is 0 Å². The Morgan fingerprint density at radius 3 is 1.51 bits per heavy atom. The number of hydrogen-bond acceptors (Lipinski definition) is 3. The van der Waals surface area contributed by atoms with Gasteiger partial charge in [-0.15, -0.1) is 0 Å². The van der Waals surface area contributed by atoms with Gasteiger partial charge in [0.15, 0.2) is 0 Å². The van der Waals surface area contributed by atoms with Crippen molar-refractivity contribution in [2.45, 2.75) is 131 Å². The molecule has 228 valence electrons. The first kappa shape index (κ1) is 36.6. The van der Waals surface area contributed by atoms with Gasteiger partial charge in [-0.05, 0) is 132 Å². The Morgan fingerprint density at radius 1 is 0.634 bits per heavy atom. The van der Waals surface area contributed by atoms with Crippen LogP contribution in [-0.4, -0.2) is 14.5 Å². The zero-order valence-corrected chi connectivity index (χ0v) is 28.2. The van der Waals surface area contributed by atoms with E-state index in [-0.39, 0.29) is 4.90 Å². The molecule has 1 unspecified atom stereocenters. The van der Waals surface area contributed by atoms with Gasteiger partial charge in [0.25, 0.3) is 10.1 Å². The standard InChI is InChI=1S/C37H56O3S/c1-29(2)14-10-16-31(5)18-12-20-33(7)22-25-36(40-41(38,39)37-26-23-34(8)24-27-37)28-35(9)21-13-19-32(6)17-11-15-30(3)4/h14-15,18-19,22-24,26-28,36H,10-13,16-17,20-21,25H2,1-9H3. The highest BCUT2D eigenvalue weighted by molar-refractivity contribution is 7.86. The largest absolute Gasteiger partial charge is 0.297 e. The molecule has 0 N–H and O–H groups in total. The van der Waals surface area contributed by atoms with E-state index in [0.717, 1.165) is 62.5 Å². The molecule has 1 rings (SSSR count). The molecule has 0 heterocycles. The first-order valence-electron chi connectivity index (χ1n) is 15.2. The zero-order chi connectivity index (χ0) is 30.8. The topological polar surface area (TPSA) is 43.4 Å². The minimum absolute atomic E-state index is 0.198. The molecular weight excluding hydrogens is 524 g/mol. The number of benzene rings is 1. The van der Waals surface area contributed by atoms with E-state index in [0.29, 0.717) is 6.42 Å². The fraction of sp³-hybridized carbons (Fsp3) is 0.514. The van der Waals surface area contributed by atoms with Crippen LogP contribution in [0.1, 0.15) is 119 Å². The first-order valence-corrected chi connectivity index (χ1v) is 16.6. The summed E-state index contributed by atoms with van der Waals surface area (Å²) < 4.78 is 32.0. The summed E-state index contributed by atoms with van der Waals surface area (Å²) in [4.78, 5) is 0.198. The Labute approximate surface area is 253 Å². The Hall–Kier alpha value is -2.43. The normalized spacial score (nSPS) is 14.2. The maximum absolute atomic E-state index is 13.1. The van der Waals surface area contributed by atoms with Gasteiger partial charge in [0, 0.05) is 0 Å². The smallest absolute Gasteiger partial charge is 0.258 e. The maximum atomic E-state index is 13.1. The second-order valence-corrected chi connectivity index (χ2v) is 13.6. The van der Waals surface area contributed by atoms with E-state index in [9.17, 15) is 8.42 Å². The average Bonchev–Trinajstić information content (AvgIpc) is 2.87. The van der Waals surface area contributed by atoms with Gasteiger partial charge in [-0.2, -0.15) is 8.42 Å². The lowest BCUT2D eigenvalue weighted by Gasteiger charge is -2.15. The number of aryl methyl sites for hydroxylation is 1. The molecule has 0 aliphatic rings. The fourth-order valence-corrected chi connectivity index (χ4v) is 5.39. The summed E-state index contributed by atoms with van der Waals surface area (Å²) in [6.07, 6.45) is 21.4. The van der Waals surface area contributed by atoms with Crippen LogP contribution < -0.4 is 0 Å². The fourth-order valence-electron chi connectivity index (χ4n) is 4.35. The van der Waals surface area contributed by atoms with Crippen LogP contribution in [0.4, 0.5) is 0 Å². The van der Waals surface area contributed by atoms with Crippen LogP contribution >= 0.6 is 0 Å². The number of rotatable bonds is 18. The van der Waals surface area contributed by atoms with Gasteiger partial charge in [-0.1, -0.05) is 87.6 Å². The van der Waals surface area contributed by atoms with Gasteiger partial charge in [0.05, 0.1) is 11.0 Å². The third kappa shape index (κ3) is 17.9. The molecule has 1 aromatic carbocycles. The minimum atomic E-state index is -3.87. The van der Waals surface area contributed by atoms with E-state index in [2.05, 4.69) is 85.8 Å². The van der Waals surface area contributed by atoms with E-state index in [1.807, 2.05) is 13.0 Å². The van der Waals surface area contributed by atoms with Gasteiger partial charge in [0.2, 0.25) is 0 Å². The summed E-state index contributed by atoms with van der Waals surface area (Å²) in [5, 5.41) is 0. The lowest BCUT2D eigenvalue weighted by atomic mass is 10.0. The van der Waals surface area contributed by atoms with Crippen molar-refractivity contribution >= 4 is 10.1 Å². The molecule has 0 amide bonds. The van der Waals surface area contributed by atoms with Crippen molar-refractivity contribution in [3.8, 4) is 0 Å². The SMILES string of the molecule is CC(C)=CCCC(C)=CCCC(C)=CCC(C=C(C)CCC=C(C)CCC=C(C)C)OS(=O)(=O)c1ccc(C)cc1. The molecule has 0 radical (unpaired) electrons. The molecule has 0 saturated heterocycles. The summed E-state index contributed by atoms with van der Waals surface area (Å²) in [5.74, 6) is 0. The molecule has 0 bridgehead atoms. The molecular formula is C37H56O3S. The second kappa shape index (κ2) is 19.6. The molecule has 4 heteroatoms. The van der Waals surface area contributed by atoms with E-state index < -0.39 is 16.2 Å². The van der Waals surface area contributed by atoms with Crippen LogP contribution in [0.25, 0.3) is 0 Å². The third-order valence-corrected chi connectivity index (χ3v) is 8.32. The molecule has 0 spiro atoms. The summed E-state index contributed by atoms with van der Waals surface area (Å²) in [6, 6.07) is 6.85. The van der Waals surface area contributed by atoms with Crippen LogP contribution in [-0.2, 0) is 14.3 Å². The predicted octanol–water partition coefficient (Wildman–Crippen LogP) is 11.3. The number of hydrogen-bond donors (Lipinski definition) is 0. The van der Waals surface area contributed by atoms with Gasteiger partial charge in [-0.3, -0.25) is 4.18 Å². The summed E-state index contributed by atoms with van der Waals surface area (Å²) in [7, 11) is -3.87. The van der Waals surface area contributed by atoms with Gasteiger partial charge in [0.1, 0.15) is 0 Å². The Morgan fingerprint density at radius 2 is 1.05 bits per heavy atom. The first-order chi connectivity index (χ1) is 19.3. The zero-order valence-electron chi connectivity index (χ0n) is 27.3. The van der Waals surface area contributed by atoms with Crippen molar-refractivity contribution in [3.05, 3.63) is 99.7 Å². The quantitative estimate of drug-likeness (QED) is 0.128. The highest BCUT2D eigenvalue weighted by Crippen LogP contribution is 2.21. The summed E-state index contributed by atoms with van der Waals surface area (Å²) in [6.45, 7) is 19.1. The van der Waals surface area contributed by atoms with Gasteiger partial charge >= 0.3 is 0 Å². The Bertz CT molecular complexity index is 1210. The highest BCUT2D eigenvalue weighted by Gasteiger charge is 2.20. The van der Waals surface area contributed by atoms with E-state index in [1.54, 1.807) is 24.3 Å².